The minimum atomic E-state index is -0.500. The summed E-state index contributed by atoms with van der Waals surface area (Å²) in [6, 6.07) is 7.58. The van der Waals surface area contributed by atoms with E-state index in [2.05, 4.69) is 4.98 Å². The average molecular weight is 356 g/mol. The molecule has 0 unspecified atom stereocenters. The van der Waals surface area contributed by atoms with Crippen LogP contribution in [0.4, 0.5) is 5.69 Å². The quantitative estimate of drug-likeness (QED) is 0.603. The van der Waals surface area contributed by atoms with Crippen molar-refractivity contribution in [3.8, 4) is 16.9 Å². The second-order valence-corrected chi connectivity index (χ2v) is 5.99. The predicted octanol–water partition coefficient (Wildman–Crippen LogP) is 4.44. The van der Waals surface area contributed by atoms with Crippen LogP contribution in [0.2, 0.25) is 15.1 Å². The summed E-state index contributed by atoms with van der Waals surface area (Å²) in [5.41, 5.74) is 6.42. The van der Waals surface area contributed by atoms with E-state index in [4.69, 9.17) is 40.5 Å². The Morgan fingerprint density at radius 1 is 1.05 bits per heavy atom. The molecule has 0 saturated heterocycles. The molecule has 2 aromatic carbocycles. The molecular weight excluding hydrogens is 347 g/mol. The number of benzene rings is 2. The first kappa shape index (κ1) is 15.0. The number of phenols is 1. The monoisotopic (exact) mass is 354 g/mol. The summed E-state index contributed by atoms with van der Waals surface area (Å²) in [6.45, 7) is 0. The second kappa shape index (κ2) is 5.39. The number of anilines is 1. The molecule has 3 aromatic rings. The number of rotatable bonds is 1. The zero-order chi connectivity index (χ0) is 16.0. The topological polar surface area (TPSA) is 79.1 Å². The smallest absolute Gasteiger partial charge is 0.272 e. The fourth-order valence-corrected chi connectivity index (χ4v) is 3.11. The molecule has 0 aliphatic rings. The Kier molecular flexibility index (Phi) is 3.68. The Bertz CT molecular complexity index is 967. The lowest BCUT2D eigenvalue weighted by Gasteiger charge is -2.13. The van der Waals surface area contributed by atoms with Crippen molar-refractivity contribution >= 4 is 51.4 Å². The highest BCUT2D eigenvalue weighted by Gasteiger charge is 2.18. The van der Waals surface area contributed by atoms with E-state index in [0.717, 1.165) is 0 Å². The third-order valence-corrected chi connectivity index (χ3v) is 4.05. The molecule has 0 amide bonds. The molecule has 0 radical (unpaired) electrons. The number of phenolic OH excluding ortho intramolecular Hbond substituents is 1. The van der Waals surface area contributed by atoms with Gasteiger partial charge in [-0.05, 0) is 30.3 Å². The van der Waals surface area contributed by atoms with Crippen molar-refractivity contribution in [2.45, 2.75) is 0 Å². The lowest BCUT2D eigenvalue weighted by atomic mass is 9.98. The molecule has 0 bridgehead atoms. The van der Waals surface area contributed by atoms with Crippen molar-refractivity contribution in [1.82, 2.24) is 4.98 Å². The second-order valence-electron chi connectivity index (χ2n) is 4.71. The maximum absolute atomic E-state index is 12.1. The van der Waals surface area contributed by atoms with Crippen LogP contribution in [-0.4, -0.2) is 10.1 Å². The number of H-pyrrole nitrogens is 1. The lowest BCUT2D eigenvalue weighted by molar-refractivity contribution is 0.477. The van der Waals surface area contributed by atoms with Crippen molar-refractivity contribution in [3.05, 3.63) is 55.8 Å². The van der Waals surface area contributed by atoms with Crippen molar-refractivity contribution in [1.29, 1.82) is 0 Å². The minimum Gasteiger partial charge on any atom is -0.507 e. The first-order chi connectivity index (χ1) is 10.4. The largest absolute Gasteiger partial charge is 0.507 e. The summed E-state index contributed by atoms with van der Waals surface area (Å²) in [4.78, 5) is 14.7. The zero-order valence-electron chi connectivity index (χ0n) is 11.0. The third-order valence-electron chi connectivity index (χ3n) is 3.30. The van der Waals surface area contributed by atoms with E-state index in [1.807, 2.05) is 0 Å². The summed E-state index contributed by atoms with van der Waals surface area (Å²) in [7, 11) is 0. The van der Waals surface area contributed by atoms with E-state index < -0.39 is 5.56 Å². The van der Waals surface area contributed by atoms with Crippen LogP contribution in [0.25, 0.3) is 22.0 Å². The molecule has 1 heterocycles. The Morgan fingerprint density at radius 3 is 2.50 bits per heavy atom. The van der Waals surface area contributed by atoms with Crippen LogP contribution < -0.4 is 11.3 Å². The van der Waals surface area contributed by atoms with Crippen molar-refractivity contribution in [2.75, 3.05) is 5.73 Å². The lowest BCUT2D eigenvalue weighted by Crippen LogP contribution is -2.13. The highest BCUT2D eigenvalue weighted by Crippen LogP contribution is 2.41. The van der Waals surface area contributed by atoms with E-state index in [9.17, 15) is 9.90 Å². The highest BCUT2D eigenvalue weighted by molar-refractivity contribution is 6.39. The molecule has 7 heteroatoms. The van der Waals surface area contributed by atoms with E-state index in [1.165, 1.54) is 24.3 Å². The molecule has 0 spiro atoms. The fourth-order valence-electron chi connectivity index (χ4n) is 2.35. The fraction of sp³-hybridized carbons (Fsp3) is 0. The molecule has 3 rings (SSSR count). The SMILES string of the molecule is Nc1c(-c2cc(Cl)ccc2O)c2c(Cl)cc(Cl)cc2[nH]c1=O. The van der Waals surface area contributed by atoms with Gasteiger partial charge in [0.2, 0.25) is 0 Å². The van der Waals surface area contributed by atoms with Gasteiger partial charge in [0.05, 0.1) is 10.5 Å². The first-order valence-electron chi connectivity index (χ1n) is 6.18. The molecule has 4 nitrogen and oxygen atoms in total. The predicted molar refractivity (Wildman–Crippen MR) is 91.1 cm³/mol. The van der Waals surface area contributed by atoms with Crippen LogP contribution in [0.1, 0.15) is 0 Å². The van der Waals surface area contributed by atoms with Crippen molar-refractivity contribution in [3.63, 3.8) is 0 Å². The van der Waals surface area contributed by atoms with Crippen LogP contribution in [0.15, 0.2) is 35.1 Å². The van der Waals surface area contributed by atoms with E-state index in [1.54, 1.807) is 6.07 Å². The Balaban J connectivity index is 2.55. The Labute approximate surface area is 140 Å². The van der Waals surface area contributed by atoms with Crippen LogP contribution in [-0.2, 0) is 0 Å². The number of hydrogen-bond acceptors (Lipinski definition) is 3. The summed E-state index contributed by atoms with van der Waals surface area (Å²) >= 11 is 18.2. The van der Waals surface area contributed by atoms with Crippen molar-refractivity contribution in [2.24, 2.45) is 0 Å². The van der Waals surface area contributed by atoms with Gasteiger partial charge >= 0.3 is 0 Å². The third kappa shape index (κ3) is 2.39. The number of aromatic amines is 1. The summed E-state index contributed by atoms with van der Waals surface area (Å²) in [5, 5.41) is 11.7. The van der Waals surface area contributed by atoms with Gasteiger partial charge < -0.3 is 15.8 Å². The Morgan fingerprint density at radius 2 is 1.77 bits per heavy atom. The molecule has 112 valence electrons. The molecule has 22 heavy (non-hydrogen) atoms. The van der Waals surface area contributed by atoms with E-state index >= 15 is 0 Å². The zero-order valence-corrected chi connectivity index (χ0v) is 13.2. The molecular formula is C15H9Cl3N2O2. The number of nitrogens with one attached hydrogen (secondary N) is 1. The Hall–Kier alpha value is -1.88. The maximum atomic E-state index is 12.1. The van der Waals surface area contributed by atoms with Gasteiger partial charge in [0.1, 0.15) is 11.4 Å². The van der Waals surface area contributed by atoms with Crippen LogP contribution in [0.3, 0.4) is 0 Å². The number of aromatic hydroxyl groups is 1. The molecule has 0 aliphatic heterocycles. The van der Waals surface area contributed by atoms with Gasteiger partial charge in [0.25, 0.3) is 5.56 Å². The normalized spacial score (nSPS) is 11.0. The van der Waals surface area contributed by atoms with Crippen molar-refractivity contribution < 1.29 is 5.11 Å². The summed E-state index contributed by atoms with van der Waals surface area (Å²) in [5.74, 6) is -0.0611. The summed E-state index contributed by atoms with van der Waals surface area (Å²) < 4.78 is 0. The van der Waals surface area contributed by atoms with Crippen LogP contribution in [0, 0.1) is 0 Å². The molecule has 1 aromatic heterocycles. The van der Waals surface area contributed by atoms with Gasteiger partial charge in [-0.25, -0.2) is 0 Å². The van der Waals surface area contributed by atoms with Gasteiger partial charge in [0, 0.05) is 26.6 Å². The van der Waals surface area contributed by atoms with Crippen LogP contribution in [0.5, 0.6) is 5.75 Å². The number of hydrogen-bond donors (Lipinski definition) is 3. The number of halogens is 3. The van der Waals surface area contributed by atoms with Gasteiger partial charge in [-0.2, -0.15) is 0 Å². The molecule has 0 fully saturated rings. The minimum absolute atomic E-state index is 0.0608. The van der Waals surface area contributed by atoms with Crippen LogP contribution >= 0.6 is 34.8 Å². The standard InChI is InChI=1S/C15H9Cl3N2O2/c16-6-1-2-11(21)8(3-6)12-13-9(18)4-7(17)5-10(13)20-15(22)14(12)19/h1-5,21H,19H2,(H,20,22). The van der Waals surface area contributed by atoms with Gasteiger partial charge in [-0.1, -0.05) is 34.8 Å². The highest BCUT2D eigenvalue weighted by atomic mass is 35.5. The van der Waals surface area contributed by atoms with Gasteiger partial charge in [-0.3, -0.25) is 4.79 Å². The number of nitrogen functional groups attached to an aromatic ring is 1. The maximum Gasteiger partial charge on any atom is 0.272 e. The van der Waals surface area contributed by atoms with E-state index in [0.29, 0.717) is 37.1 Å². The molecule has 0 saturated carbocycles. The number of nitrogens with two attached hydrogens (primary N) is 1. The number of aromatic nitrogens is 1. The van der Waals surface area contributed by atoms with Gasteiger partial charge in [-0.15, -0.1) is 0 Å². The van der Waals surface area contributed by atoms with Gasteiger partial charge in [0.15, 0.2) is 0 Å². The average Bonchev–Trinajstić information content (AvgIpc) is 2.44. The number of fused-ring (bicyclic) bond motifs is 1. The molecule has 0 atom stereocenters. The molecule has 4 N–H and O–H groups in total. The van der Waals surface area contributed by atoms with E-state index in [-0.39, 0.29) is 11.4 Å². The summed E-state index contributed by atoms with van der Waals surface area (Å²) in [6.07, 6.45) is 0. The number of pyridine rings is 1. The molecule has 0 aliphatic carbocycles. The first-order valence-corrected chi connectivity index (χ1v) is 7.31.